The zero-order valence-electron chi connectivity index (χ0n) is 14.7. The summed E-state index contributed by atoms with van der Waals surface area (Å²) < 4.78 is 0. The van der Waals surface area contributed by atoms with Gasteiger partial charge in [-0.1, -0.05) is 12.1 Å². The SMILES string of the molecule is N#Cc1ccc2c(c1)[nH]c1c3[nH]c4cc(C#N)ccc4c3c3c(c21)C(=O)NC3=O. The van der Waals surface area contributed by atoms with Gasteiger partial charge >= 0.3 is 0 Å². The number of fused-ring (bicyclic) bond motifs is 10. The van der Waals surface area contributed by atoms with E-state index in [9.17, 15) is 20.1 Å². The molecule has 0 atom stereocenters. The molecule has 134 valence electrons. The van der Waals surface area contributed by atoms with Crippen LogP contribution in [0.4, 0.5) is 0 Å². The van der Waals surface area contributed by atoms with Crippen LogP contribution in [0.25, 0.3) is 43.6 Å². The van der Waals surface area contributed by atoms with Gasteiger partial charge in [-0.15, -0.1) is 0 Å². The molecule has 7 heteroatoms. The molecule has 3 heterocycles. The van der Waals surface area contributed by atoms with Gasteiger partial charge < -0.3 is 9.97 Å². The summed E-state index contributed by atoms with van der Waals surface area (Å²) >= 11 is 0. The number of carbonyl (C=O) groups is 2. The van der Waals surface area contributed by atoms with Gasteiger partial charge in [-0.05, 0) is 24.3 Å². The van der Waals surface area contributed by atoms with Crippen LogP contribution in [0.5, 0.6) is 0 Å². The summed E-state index contributed by atoms with van der Waals surface area (Å²) in [6, 6.07) is 14.6. The number of nitrogens with one attached hydrogen (secondary N) is 3. The number of hydrogen-bond donors (Lipinski definition) is 3. The van der Waals surface area contributed by atoms with E-state index in [1.54, 1.807) is 36.4 Å². The van der Waals surface area contributed by atoms with E-state index in [1.807, 2.05) is 0 Å². The third-order valence-electron chi connectivity index (χ3n) is 5.54. The number of benzene rings is 3. The highest BCUT2D eigenvalue weighted by molar-refractivity contribution is 6.39. The second kappa shape index (κ2) is 5.00. The molecule has 3 aromatic carbocycles. The number of hydrogen-bond acceptors (Lipinski definition) is 4. The van der Waals surface area contributed by atoms with Crippen molar-refractivity contribution in [2.24, 2.45) is 0 Å². The van der Waals surface area contributed by atoms with Crippen molar-refractivity contribution in [1.29, 1.82) is 10.5 Å². The fraction of sp³-hybridized carbons (Fsp3) is 0. The molecule has 0 radical (unpaired) electrons. The lowest BCUT2D eigenvalue weighted by atomic mass is 9.96. The number of nitriles is 2. The fourth-order valence-electron chi connectivity index (χ4n) is 4.36. The third kappa shape index (κ3) is 1.78. The summed E-state index contributed by atoms with van der Waals surface area (Å²) in [5.74, 6) is -0.879. The van der Waals surface area contributed by atoms with Crippen molar-refractivity contribution in [1.82, 2.24) is 15.3 Å². The maximum Gasteiger partial charge on any atom is 0.259 e. The number of imide groups is 1. The Hall–Kier alpha value is -4.62. The van der Waals surface area contributed by atoms with E-state index in [2.05, 4.69) is 27.4 Å². The minimum absolute atomic E-state index is 0.332. The first kappa shape index (κ1) is 15.4. The second-order valence-electron chi connectivity index (χ2n) is 7.03. The van der Waals surface area contributed by atoms with Crippen LogP contribution in [0.15, 0.2) is 36.4 Å². The van der Waals surface area contributed by atoms with Gasteiger partial charge in [0.05, 0.1) is 45.4 Å². The van der Waals surface area contributed by atoms with Crippen molar-refractivity contribution in [3.8, 4) is 12.1 Å². The van der Waals surface area contributed by atoms with E-state index in [1.165, 1.54) is 0 Å². The van der Waals surface area contributed by atoms with Crippen LogP contribution in [0, 0.1) is 22.7 Å². The van der Waals surface area contributed by atoms with Crippen LogP contribution in [0.2, 0.25) is 0 Å². The minimum Gasteiger partial charge on any atom is -0.353 e. The van der Waals surface area contributed by atoms with Crippen LogP contribution >= 0.6 is 0 Å². The molecule has 0 unspecified atom stereocenters. The molecule has 0 saturated heterocycles. The summed E-state index contributed by atoms with van der Waals surface area (Å²) in [7, 11) is 0. The Morgan fingerprint density at radius 1 is 0.690 bits per heavy atom. The first-order chi connectivity index (χ1) is 14.1. The molecule has 0 saturated carbocycles. The maximum absolute atomic E-state index is 12.7. The molecule has 0 bridgehead atoms. The maximum atomic E-state index is 12.7. The highest BCUT2D eigenvalue weighted by atomic mass is 16.2. The molecule has 0 aliphatic carbocycles. The molecule has 6 rings (SSSR count). The van der Waals surface area contributed by atoms with Crippen LogP contribution in [-0.2, 0) is 0 Å². The highest BCUT2D eigenvalue weighted by Crippen LogP contribution is 2.42. The lowest BCUT2D eigenvalue weighted by Gasteiger charge is -2.02. The van der Waals surface area contributed by atoms with Gasteiger partial charge in [-0.25, -0.2) is 0 Å². The van der Waals surface area contributed by atoms with E-state index in [-0.39, 0.29) is 0 Å². The van der Waals surface area contributed by atoms with Crippen molar-refractivity contribution >= 4 is 55.4 Å². The molecule has 0 spiro atoms. The summed E-state index contributed by atoms with van der Waals surface area (Å²) in [6.07, 6.45) is 0. The average molecular weight is 375 g/mol. The minimum atomic E-state index is -0.440. The van der Waals surface area contributed by atoms with Gasteiger partial charge in [0.15, 0.2) is 0 Å². The Morgan fingerprint density at radius 2 is 1.14 bits per heavy atom. The topological polar surface area (TPSA) is 125 Å². The summed E-state index contributed by atoms with van der Waals surface area (Å²) in [6.45, 7) is 0. The van der Waals surface area contributed by atoms with E-state index < -0.39 is 11.8 Å². The number of nitrogens with zero attached hydrogens (tertiary/aromatic N) is 2. The molecule has 5 aromatic rings. The first-order valence-corrected chi connectivity index (χ1v) is 8.83. The van der Waals surface area contributed by atoms with Crippen molar-refractivity contribution in [2.45, 2.75) is 0 Å². The standard InChI is InChI=1S/C22H9N5O2/c23-7-9-1-3-11-13(5-9)25-19-15(11)17-18(22(29)27-21(17)28)16-12-4-2-10(8-24)6-14(12)26-20(16)19/h1-6,25-26H,(H,27,28,29). The largest absolute Gasteiger partial charge is 0.353 e. The normalized spacial score (nSPS) is 13.2. The van der Waals surface area contributed by atoms with Crippen molar-refractivity contribution in [3.63, 3.8) is 0 Å². The van der Waals surface area contributed by atoms with Gasteiger partial charge in [-0.3, -0.25) is 14.9 Å². The van der Waals surface area contributed by atoms with Crippen molar-refractivity contribution in [3.05, 3.63) is 58.7 Å². The lowest BCUT2D eigenvalue weighted by Crippen LogP contribution is -2.20. The molecule has 3 N–H and O–H groups in total. The quantitative estimate of drug-likeness (QED) is 0.358. The monoisotopic (exact) mass is 375 g/mol. The predicted molar refractivity (Wildman–Crippen MR) is 106 cm³/mol. The van der Waals surface area contributed by atoms with E-state index in [0.29, 0.717) is 55.1 Å². The van der Waals surface area contributed by atoms with Crippen molar-refractivity contribution < 1.29 is 9.59 Å². The van der Waals surface area contributed by atoms with Crippen LogP contribution in [0.1, 0.15) is 31.8 Å². The number of H-pyrrole nitrogens is 2. The smallest absolute Gasteiger partial charge is 0.259 e. The predicted octanol–water partition coefficient (Wildman–Crippen LogP) is 3.58. The van der Waals surface area contributed by atoms with E-state index in [0.717, 1.165) is 10.8 Å². The molecule has 0 fully saturated rings. The molecular formula is C22H9N5O2. The first-order valence-electron chi connectivity index (χ1n) is 8.83. The van der Waals surface area contributed by atoms with Gasteiger partial charge in [0.25, 0.3) is 11.8 Å². The zero-order chi connectivity index (χ0) is 19.9. The summed E-state index contributed by atoms with van der Waals surface area (Å²) in [4.78, 5) is 32.0. The number of aromatic amines is 2. The Labute approximate surface area is 162 Å². The number of rotatable bonds is 0. The number of carbonyl (C=O) groups excluding carboxylic acids is 2. The van der Waals surface area contributed by atoms with Crippen LogP contribution in [-0.4, -0.2) is 21.8 Å². The number of amides is 2. The lowest BCUT2D eigenvalue weighted by molar-refractivity contribution is 0.0880. The molecule has 2 aromatic heterocycles. The Kier molecular flexibility index (Phi) is 2.66. The van der Waals surface area contributed by atoms with Crippen LogP contribution in [0.3, 0.4) is 0 Å². The zero-order valence-corrected chi connectivity index (χ0v) is 14.7. The Bertz CT molecular complexity index is 1560. The molecule has 29 heavy (non-hydrogen) atoms. The molecule has 2 amide bonds. The van der Waals surface area contributed by atoms with E-state index in [4.69, 9.17) is 0 Å². The molecular weight excluding hydrogens is 366 g/mol. The average Bonchev–Trinajstić information content (AvgIpc) is 3.37. The van der Waals surface area contributed by atoms with Crippen molar-refractivity contribution in [2.75, 3.05) is 0 Å². The molecule has 7 nitrogen and oxygen atoms in total. The second-order valence-corrected chi connectivity index (χ2v) is 7.03. The van der Waals surface area contributed by atoms with Gasteiger partial charge in [0.2, 0.25) is 0 Å². The molecule has 1 aliphatic rings. The van der Waals surface area contributed by atoms with E-state index >= 15 is 0 Å². The summed E-state index contributed by atoms with van der Waals surface area (Å²) in [5, 5.41) is 23.6. The molecule has 1 aliphatic heterocycles. The van der Waals surface area contributed by atoms with Gasteiger partial charge in [0, 0.05) is 32.6 Å². The van der Waals surface area contributed by atoms with Gasteiger partial charge in [-0.2, -0.15) is 10.5 Å². The van der Waals surface area contributed by atoms with Crippen LogP contribution < -0.4 is 5.32 Å². The highest BCUT2D eigenvalue weighted by Gasteiger charge is 2.34. The van der Waals surface area contributed by atoms with Gasteiger partial charge in [0.1, 0.15) is 0 Å². The Balaban J connectivity index is 1.93. The summed E-state index contributed by atoms with van der Waals surface area (Å²) in [5.41, 5.74) is 4.43. The Morgan fingerprint density at radius 3 is 1.55 bits per heavy atom. The fourth-order valence-corrected chi connectivity index (χ4v) is 4.36. The third-order valence-corrected chi connectivity index (χ3v) is 5.54. The number of aromatic nitrogens is 2.